The van der Waals surface area contributed by atoms with Gasteiger partial charge in [0.15, 0.2) is 0 Å². The highest BCUT2D eigenvalue weighted by atomic mass is 35.6. The third-order valence-corrected chi connectivity index (χ3v) is 1.37. The van der Waals surface area contributed by atoms with Crippen LogP contribution >= 0.6 is 18.1 Å². The molecule has 0 saturated carbocycles. The lowest BCUT2D eigenvalue weighted by Gasteiger charge is -2.04. The predicted octanol–water partition coefficient (Wildman–Crippen LogP) is 3.28. The Balaban J connectivity index is 0.000000583. The summed E-state index contributed by atoms with van der Waals surface area (Å²) >= 11 is -0.639. The molecule has 0 atom stereocenters. The van der Waals surface area contributed by atoms with E-state index in [4.69, 9.17) is 27.6 Å². The Hall–Kier alpha value is 0.166. The Bertz CT molecular complexity index is 217. The fourth-order valence-corrected chi connectivity index (χ4v) is 0.898. The zero-order valence-electron chi connectivity index (χ0n) is 8.93. The summed E-state index contributed by atoms with van der Waals surface area (Å²) in [6, 6.07) is 8.50. The van der Waals surface area contributed by atoms with E-state index in [9.17, 15) is 0 Å². The first kappa shape index (κ1) is 15.2. The van der Waals surface area contributed by atoms with E-state index in [2.05, 4.69) is 6.07 Å². The molecule has 81 valence electrons. The molecule has 1 aromatic carbocycles. The lowest BCUT2D eigenvalue weighted by molar-refractivity contribution is 0.330. The van der Waals surface area contributed by atoms with Crippen LogP contribution in [0.5, 0.6) is 11.5 Å². The molecule has 0 aromatic heterocycles. The van der Waals surface area contributed by atoms with Gasteiger partial charge in [-0.05, 0) is 32.0 Å². The van der Waals surface area contributed by atoms with Gasteiger partial charge in [-0.15, -0.1) is 0 Å². The molecule has 1 aromatic rings. The molecule has 0 N–H and O–H groups in total. The van der Waals surface area contributed by atoms with E-state index in [-0.39, 0.29) is 0 Å². The molecule has 0 fully saturated rings. The van der Waals surface area contributed by atoms with Gasteiger partial charge in [0.1, 0.15) is 11.5 Å². The van der Waals surface area contributed by atoms with E-state index in [0.717, 1.165) is 11.5 Å². The van der Waals surface area contributed by atoms with Crippen molar-refractivity contribution >= 4 is 36.3 Å². The summed E-state index contributed by atoms with van der Waals surface area (Å²) in [6.45, 7) is 5.26. The number of ether oxygens (including phenoxy) is 2. The monoisotopic (exact) mass is 259 g/mol. The lowest BCUT2D eigenvalue weighted by Crippen LogP contribution is -1.93. The molecule has 15 heavy (non-hydrogen) atoms. The number of benzene rings is 1. The smallest absolute Gasteiger partial charge is 0.494 e. The normalized spacial score (nSPS) is 8.27. The fraction of sp³-hybridized carbons (Fsp3) is 0.400. The quantitative estimate of drug-likeness (QED) is 0.774. The van der Waals surface area contributed by atoms with Gasteiger partial charge in [0.25, 0.3) is 0 Å². The highest BCUT2D eigenvalue weighted by Crippen LogP contribution is 2.16. The van der Waals surface area contributed by atoms with Gasteiger partial charge in [0.2, 0.25) is 0 Å². The summed E-state index contributed by atoms with van der Waals surface area (Å²) in [6.07, 6.45) is 0. The number of halogens is 2. The van der Waals surface area contributed by atoms with Crippen LogP contribution in [0.25, 0.3) is 0 Å². The minimum atomic E-state index is -0.639. The highest BCUT2D eigenvalue weighted by Gasteiger charge is 1.93. The fourth-order valence-electron chi connectivity index (χ4n) is 0.898. The van der Waals surface area contributed by atoms with Crippen LogP contribution in [0, 0.1) is 6.07 Å². The summed E-state index contributed by atoms with van der Waals surface area (Å²) in [5.74, 6) is 1.60. The van der Waals surface area contributed by atoms with Gasteiger partial charge in [-0.2, -0.15) is 0 Å². The summed E-state index contributed by atoms with van der Waals surface area (Å²) in [4.78, 5) is 0. The van der Waals surface area contributed by atoms with Crippen molar-refractivity contribution in [3.8, 4) is 11.5 Å². The molecule has 0 bridgehead atoms. The Labute approximate surface area is 108 Å². The molecule has 0 aliphatic heterocycles. The van der Waals surface area contributed by atoms with Crippen molar-refractivity contribution in [3.63, 3.8) is 0 Å². The van der Waals surface area contributed by atoms with Crippen molar-refractivity contribution < 1.29 is 9.47 Å². The van der Waals surface area contributed by atoms with Crippen LogP contribution in [0.4, 0.5) is 0 Å². The van der Waals surface area contributed by atoms with Crippen molar-refractivity contribution in [1.82, 2.24) is 0 Å². The second-order valence-corrected chi connectivity index (χ2v) is 4.98. The van der Waals surface area contributed by atoms with Crippen molar-refractivity contribution in [2.24, 2.45) is 0 Å². The molecule has 0 heterocycles. The Kier molecular flexibility index (Phi) is 10.8. The van der Waals surface area contributed by atoms with Crippen LogP contribution < -0.4 is 9.47 Å². The summed E-state index contributed by atoms with van der Waals surface area (Å²) in [5.41, 5.74) is 0. The van der Waals surface area contributed by atoms with Gasteiger partial charge < -0.3 is 27.6 Å². The van der Waals surface area contributed by atoms with Crippen molar-refractivity contribution in [3.05, 3.63) is 24.3 Å². The van der Waals surface area contributed by atoms with Gasteiger partial charge in [0.05, 0.1) is 13.2 Å². The third-order valence-electron chi connectivity index (χ3n) is 1.37. The lowest BCUT2D eigenvalue weighted by atomic mass is 10.3. The average molecular weight is 260 g/mol. The van der Waals surface area contributed by atoms with E-state index < -0.39 is 18.2 Å². The summed E-state index contributed by atoms with van der Waals surface area (Å²) < 4.78 is 10.5. The van der Waals surface area contributed by atoms with Crippen LogP contribution in [0.2, 0.25) is 0 Å². The van der Waals surface area contributed by atoms with E-state index >= 15 is 0 Å². The maximum Gasteiger partial charge on any atom is 0.618 e. The number of rotatable bonds is 4. The highest BCUT2D eigenvalue weighted by molar-refractivity contribution is 7.22. The van der Waals surface area contributed by atoms with Crippen LogP contribution in [-0.4, -0.2) is 31.4 Å². The summed E-state index contributed by atoms with van der Waals surface area (Å²) in [5, 5.41) is 0. The predicted molar refractivity (Wildman–Crippen MR) is 65.1 cm³/mol. The largest absolute Gasteiger partial charge is 0.618 e. The molecule has 1 radical (unpaired) electrons. The molecular weight excluding hydrogens is 247 g/mol. The molecule has 1 rings (SSSR count). The molecule has 0 saturated heterocycles. The van der Waals surface area contributed by atoms with Crippen LogP contribution in [0.15, 0.2) is 18.2 Å². The first-order valence-electron chi connectivity index (χ1n) is 4.67. The maximum absolute atomic E-state index is 5.25. The molecular formula is C10H13Cl2MgO2. The van der Waals surface area contributed by atoms with Crippen LogP contribution in [0.3, 0.4) is 0 Å². The maximum atomic E-state index is 5.25. The average Bonchev–Trinajstić information content (AvgIpc) is 2.23. The van der Waals surface area contributed by atoms with Crippen molar-refractivity contribution in [2.75, 3.05) is 13.2 Å². The number of hydrogen-bond donors (Lipinski definition) is 0. The second-order valence-electron chi connectivity index (χ2n) is 2.36. The minimum absolute atomic E-state index is 0.639. The molecule has 0 aliphatic rings. The van der Waals surface area contributed by atoms with E-state index in [0.29, 0.717) is 13.2 Å². The minimum Gasteiger partial charge on any atom is -0.494 e. The van der Waals surface area contributed by atoms with E-state index in [1.165, 1.54) is 0 Å². The molecule has 0 spiro atoms. The van der Waals surface area contributed by atoms with Crippen LogP contribution in [0.1, 0.15) is 13.8 Å². The first-order valence-corrected chi connectivity index (χ1v) is 8.95. The van der Waals surface area contributed by atoms with Gasteiger partial charge in [-0.25, -0.2) is 0 Å². The standard InChI is InChI=1S/C10H13O2.2ClH.Mg/c1-3-11-9-5-7-10(8-6-9)12-4-2;;;/h5-7H,3-4H2,1-2H3;2*1H;/q;;;+2/p-2. The molecule has 0 unspecified atom stereocenters. The third kappa shape index (κ3) is 8.02. The van der Waals surface area contributed by atoms with Crippen molar-refractivity contribution in [2.45, 2.75) is 13.8 Å². The zero-order chi connectivity index (χ0) is 11.5. The van der Waals surface area contributed by atoms with Crippen molar-refractivity contribution in [1.29, 1.82) is 0 Å². The van der Waals surface area contributed by atoms with Gasteiger partial charge in [-0.3, -0.25) is 0 Å². The number of hydrogen-bond acceptors (Lipinski definition) is 2. The Morgan fingerprint density at radius 1 is 1.20 bits per heavy atom. The van der Waals surface area contributed by atoms with Crippen LogP contribution in [-0.2, 0) is 0 Å². The van der Waals surface area contributed by atoms with Gasteiger partial charge >= 0.3 is 18.2 Å². The molecule has 2 nitrogen and oxygen atoms in total. The molecule has 5 heteroatoms. The SMILES string of the molecule is CCOc1[c]cc(OCC)cc1.[Cl][Mg][Cl]. The molecule has 0 amide bonds. The Morgan fingerprint density at radius 3 is 2.20 bits per heavy atom. The summed E-state index contributed by atoms with van der Waals surface area (Å²) in [7, 11) is 9.81. The second kappa shape index (κ2) is 10.7. The Morgan fingerprint density at radius 2 is 1.80 bits per heavy atom. The van der Waals surface area contributed by atoms with Gasteiger partial charge in [-0.1, -0.05) is 0 Å². The zero-order valence-corrected chi connectivity index (χ0v) is 11.9. The van der Waals surface area contributed by atoms with E-state index in [1.54, 1.807) is 6.07 Å². The molecule has 0 aliphatic carbocycles. The first-order chi connectivity index (χ1) is 7.28. The van der Waals surface area contributed by atoms with E-state index in [1.807, 2.05) is 26.0 Å². The van der Waals surface area contributed by atoms with Gasteiger partial charge in [0, 0.05) is 6.07 Å². The topological polar surface area (TPSA) is 18.5 Å².